The molecule has 0 aliphatic rings. The number of benzene rings is 1. The maximum Gasteiger partial charge on any atom is 0.298 e. The van der Waals surface area contributed by atoms with Gasteiger partial charge in [0.05, 0.1) is 12.8 Å². The highest BCUT2D eigenvalue weighted by molar-refractivity contribution is 5.90. The zero-order valence-corrected chi connectivity index (χ0v) is 8.44. The highest BCUT2D eigenvalue weighted by Gasteiger charge is 2.06. The van der Waals surface area contributed by atoms with Crippen molar-refractivity contribution >= 4 is 18.1 Å². The minimum atomic E-state index is -0.240. The van der Waals surface area contributed by atoms with Gasteiger partial charge >= 0.3 is 0 Å². The first-order valence-corrected chi connectivity index (χ1v) is 4.23. The van der Waals surface area contributed by atoms with Gasteiger partial charge in [-0.3, -0.25) is 9.59 Å². The van der Waals surface area contributed by atoms with E-state index >= 15 is 0 Å². The topological polar surface area (TPSA) is 64.6 Å². The lowest BCUT2D eigenvalue weighted by molar-refractivity contribution is -0.120. The van der Waals surface area contributed by atoms with Crippen LogP contribution in [0, 0.1) is 0 Å². The van der Waals surface area contributed by atoms with E-state index in [0.717, 1.165) is 0 Å². The molecule has 1 rings (SSSR count). The Morgan fingerprint density at radius 3 is 2.73 bits per heavy atom. The Hall–Kier alpha value is -2.04. The third kappa shape index (κ3) is 2.98. The van der Waals surface area contributed by atoms with E-state index in [-0.39, 0.29) is 11.7 Å². The zero-order chi connectivity index (χ0) is 11.3. The van der Waals surface area contributed by atoms with Crippen LogP contribution in [0.15, 0.2) is 18.2 Å². The molecule has 1 aromatic carbocycles. The molecule has 0 bridgehead atoms. The van der Waals surface area contributed by atoms with Crippen molar-refractivity contribution in [3.8, 4) is 11.5 Å². The summed E-state index contributed by atoms with van der Waals surface area (Å²) in [5.41, 5.74) is 0.426. The van der Waals surface area contributed by atoms with Crippen LogP contribution in [0.5, 0.6) is 11.5 Å². The maximum atomic E-state index is 10.8. The lowest BCUT2D eigenvalue weighted by Crippen LogP contribution is -2.07. The highest BCUT2D eigenvalue weighted by atomic mass is 16.5. The quantitative estimate of drug-likeness (QED) is 0.756. The van der Waals surface area contributed by atoms with Crippen LogP contribution < -0.4 is 14.8 Å². The average molecular weight is 209 g/mol. The molecule has 0 aromatic heterocycles. The number of ether oxygens (including phenoxy) is 2. The Kier molecular flexibility index (Phi) is 3.68. The van der Waals surface area contributed by atoms with E-state index in [9.17, 15) is 9.59 Å². The fraction of sp³-hybridized carbons (Fsp3) is 0.200. The van der Waals surface area contributed by atoms with Crippen LogP contribution in [-0.4, -0.2) is 19.5 Å². The number of hydrogen-bond acceptors (Lipinski definition) is 4. The Labute approximate surface area is 87.0 Å². The molecule has 80 valence electrons. The summed E-state index contributed by atoms with van der Waals surface area (Å²) in [4.78, 5) is 21.1. The summed E-state index contributed by atoms with van der Waals surface area (Å²) in [6, 6.07) is 4.77. The predicted molar refractivity (Wildman–Crippen MR) is 54.0 cm³/mol. The summed E-state index contributed by atoms with van der Waals surface area (Å²) in [6.07, 6.45) is 0. The number of methoxy groups -OCH3 is 1. The number of nitrogens with one attached hydrogen (secondary N) is 1. The van der Waals surface area contributed by atoms with Crippen LogP contribution in [0.4, 0.5) is 5.69 Å². The molecule has 0 atom stereocenters. The van der Waals surface area contributed by atoms with Crippen LogP contribution in [-0.2, 0) is 9.59 Å². The van der Waals surface area contributed by atoms with Crippen LogP contribution in [0.1, 0.15) is 6.92 Å². The van der Waals surface area contributed by atoms with Crippen molar-refractivity contribution in [1.29, 1.82) is 0 Å². The molecule has 15 heavy (non-hydrogen) atoms. The Balaban J connectivity index is 3.02. The van der Waals surface area contributed by atoms with Crippen LogP contribution >= 0.6 is 0 Å². The smallest absolute Gasteiger partial charge is 0.298 e. The molecule has 0 aliphatic heterocycles. The summed E-state index contributed by atoms with van der Waals surface area (Å²) >= 11 is 0. The number of rotatable bonds is 4. The molecule has 0 fully saturated rings. The summed E-state index contributed by atoms with van der Waals surface area (Å²) in [5.74, 6) is 0.552. The van der Waals surface area contributed by atoms with Crippen molar-refractivity contribution < 1.29 is 19.1 Å². The van der Waals surface area contributed by atoms with Gasteiger partial charge in [-0.1, -0.05) is 0 Å². The van der Waals surface area contributed by atoms with Gasteiger partial charge in [0, 0.05) is 13.0 Å². The minimum absolute atomic E-state index is 0.240. The summed E-state index contributed by atoms with van der Waals surface area (Å²) in [5, 5.41) is 2.53. The van der Waals surface area contributed by atoms with Crippen molar-refractivity contribution in [3.63, 3.8) is 0 Å². The first kappa shape index (κ1) is 11.0. The first-order valence-electron chi connectivity index (χ1n) is 4.23. The first-order chi connectivity index (χ1) is 7.17. The second kappa shape index (κ2) is 4.99. The van der Waals surface area contributed by atoms with E-state index in [1.54, 1.807) is 12.1 Å². The van der Waals surface area contributed by atoms with Gasteiger partial charge in [-0.25, -0.2) is 0 Å². The van der Waals surface area contributed by atoms with Crippen molar-refractivity contribution in [1.82, 2.24) is 0 Å². The SMILES string of the molecule is COc1ccc(NC(C)=O)c(OC=O)c1. The third-order valence-electron chi connectivity index (χ3n) is 1.67. The number of carbonyl (C=O) groups excluding carboxylic acids is 2. The molecule has 0 heterocycles. The van der Waals surface area contributed by atoms with Gasteiger partial charge in [0.2, 0.25) is 5.91 Å². The van der Waals surface area contributed by atoms with Crippen molar-refractivity contribution in [2.24, 2.45) is 0 Å². The number of hydrogen-bond donors (Lipinski definition) is 1. The second-order valence-electron chi connectivity index (χ2n) is 2.76. The molecule has 5 heteroatoms. The van der Waals surface area contributed by atoms with Gasteiger partial charge in [0.25, 0.3) is 6.47 Å². The van der Waals surface area contributed by atoms with E-state index in [0.29, 0.717) is 17.9 Å². The van der Waals surface area contributed by atoms with Crippen molar-refractivity contribution in [2.45, 2.75) is 6.92 Å². The van der Waals surface area contributed by atoms with Gasteiger partial charge in [0.1, 0.15) is 5.75 Å². The van der Waals surface area contributed by atoms with Gasteiger partial charge in [-0.2, -0.15) is 0 Å². The van der Waals surface area contributed by atoms with Crippen LogP contribution in [0.3, 0.4) is 0 Å². The van der Waals surface area contributed by atoms with E-state index < -0.39 is 0 Å². The van der Waals surface area contributed by atoms with Crippen LogP contribution in [0.2, 0.25) is 0 Å². The molecule has 0 aliphatic carbocycles. The van der Waals surface area contributed by atoms with Crippen molar-refractivity contribution in [2.75, 3.05) is 12.4 Å². The summed E-state index contributed by atoms with van der Waals surface area (Å²) in [7, 11) is 1.50. The summed E-state index contributed by atoms with van der Waals surface area (Å²) in [6.45, 7) is 1.66. The highest BCUT2D eigenvalue weighted by Crippen LogP contribution is 2.28. The molecule has 0 radical (unpaired) electrons. The van der Waals surface area contributed by atoms with Crippen LogP contribution in [0.25, 0.3) is 0 Å². The summed E-state index contributed by atoms with van der Waals surface area (Å²) < 4.78 is 9.66. The molecule has 5 nitrogen and oxygen atoms in total. The standard InChI is InChI=1S/C10H11NO4/c1-7(13)11-9-4-3-8(14-2)5-10(9)15-6-12/h3-6H,1-2H3,(H,11,13). The minimum Gasteiger partial charge on any atom is -0.497 e. The molecular weight excluding hydrogens is 198 g/mol. The van der Waals surface area contributed by atoms with Gasteiger partial charge in [-0.05, 0) is 12.1 Å². The van der Waals surface area contributed by atoms with E-state index in [2.05, 4.69) is 5.32 Å². The second-order valence-corrected chi connectivity index (χ2v) is 2.76. The fourth-order valence-corrected chi connectivity index (χ4v) is 1.07. The Morgan fingerprint density at radius 2 is 2.20 bits per heavy atom. The molecular formula is C10H11NO4. The molecule has 1 N–H and O–H groups in total. The maximum absolute atomic E-state index is 10.8. The lowest BCUT2D eigenvalue weighted by atomic mass is 10.2. The van der Waals surface area contributed by atoms with Crippen molar-refractivity contribution in [3.05, 3.63) is 18.2 Å². The third-order valence-corrected chi connectivity index (χ3v) is 1.67. The molecule has 0 unspecified atom stereocenters. The lowest BCUT2D eigenvalue weighted by Gasteiger charge is -2.09. The molecule has 0 spiro atoms. The number of anilines is 1. The van der Waals surface area contributed by atoms with Gasteiger partial charge < -0.3 is 14.8 Å². The fourth-order valence-electron chi connectivity index (χ4n) is 1.07. The van der Waals surface area contributed by atoms with E-state index in [1.165, 1.54) is 20.1 Å². The number of amides is 1. The largest absolute Gasteiger partial charge is 0.497 e. The molecule has 1 amide bonds. The molecule has 1 aromatic rings. The molecule has 0 saturated carbocycles. The number of carbonyl (C=O) groups is 2. The Bertz CT molecular complexity index is 376. The monoisotopic (exact) mass is 209 g/mol. The predicted octanol–water partition coefficient (Wildman–Crippen LogP) is 1.19. The normalized spacial score (nSPS) is 9.20. The van der Waals surface area contributed by atoms with Gasteiger partial charge in [0.15, 0.2) is 5.75 Å². The van der Waals surface area contributed by atoms with Gasteiger partial charge in [-0.15, -0.1) is 0 Å². The van der Waals surface area contributed by atoms with E-state index in [4.69, 9.17) is 9.47 Å². The average Bonchev–Trinajstić information content (AvgIpc) is 2.20. The molecule has 0 saturated heterocycles. The zero-order valence-electron chi connectivity index (χ0n) is 8.44. The van der Waals surface area contributed by atoms with E-state index in [1.807, 2.05) is 0 Å². The Morgan fingerprint density at radius 1 is 1.47 bits per heavy atom.